The lowest BCUT2D eigenvalue weighted by Crippen LogP contribution is -2.76. The maximum absolute atomic E-state index is 5.45. The van der Waals surface area contributed by atoms with Crippen molar-refractivity contribution >= 4 is 17.3 Å². The van der Waals surface area contributed by atoms with E-state index in [1.54, 1.807) is 12.6 Å². The van der Waals surface area contributed by atoms with E-state index in [1.165, 1.54) is 11.1 Å². The molecule has 0 unspecified atom stereocenters. The van der Waals surface area contributed by atoms with Gasteiger partial charge >= 0.3 is 0 Å². The number of rotatable bonds is 4. The first-order valence-corrected chi connectivity index (χ1v) is 5.97. The molecule has 6 heteroatoms. The number of nitrogens with zero attached hydrogens (tertiary/aromatic N) is 2. The van der Waals surface area contributed by atoms with Gasteiger partial charge in [-0.1, -0.05) is 6.92 Å². The number of guanidine groups is 1. The molecule has 0 fully saturated rings. The van der Waals surface area contributed by atoms with Crippen molar-refractivity contribution in [2.24, 2.45) is 16.5 Å². The lowest BCUT2D eigenvalue weighted by Gasteiger charge is -2.09. The molecule has 0 spiro atoms. The largest absolute Gasteiger partial charge is 0.370 e. The highest BCUT2D eigenvalue weighted by Gasteiger charge is 2.21. The molecule has 1 heterocycles. The molecule has 1 aromatic carbocycles. The topological polar surface area (TPSA) is 93.5 Å². The van der Waals surface area contributed by atoms with Crippen LogP contribution in [0.5, 0.6) is 0 Å². The summed E-state index contributed by atoms with van der Waals surface area (Å²) in [6.07, 6.45) is 0. The van der Waals surface area contributed by atoms with E-state index in [9.17, 15) is 0 Å². The van der Waals surface area contributed by atoms with Crippen molar-refractivity contribution in [2.75, 3.05) is 13.7 Å². The Balaban J connectivity index is 2.39. The molecule has 1 aromatic rings. The Morgan fingerprint density at radius 2 is 2.06 bits per heavy atom. The maximum atomic E-state index is 5.45. The van der Waals surface area contributed by atoms with Gasteiger partial charge in [-0.15, -0.1) is 0 Å². The van der Waals surface area contributed by atoms with E-state index in [2.05, 4.69) is 22.9 Å². The molecule has 0 amide bonds. The number of benzene rings is 1. The Bertz CT molecular complexity index is 468. The zero-order valence-electron chi connectivity index (χ0n) is 10.8. The molecule has 0 saturated carbocycles. The monoisotopic (exact) mass is 250 g/mol. The second-order valence-corrected chi connectivity index (χ2v) is 4.37. The van der Waals surface area contributed by atoms with Crippen molar-refractivity contribution in [1.82, 2.24) is 4.90 Å². The summed E-state index contributed by atoms with van der Waals surface area (Å²) in [6, 6.07) is 4.13. The Labute approximate surface area is 107 Å². The Morgan fingerprint density at radius 1 is 1.39 bits per heavy atom. The van der Waals surface area contributed by atoms with E-state index in [0.29, 0.717) is 0 Å². The van der Waals surface area contributed by atoms with Gasteiger partial charge in [0.25, 0.3) is 0 Å². The van der Waals surface area contributed by atoms with Crippen LogP contribution in [-0.2, 0) is 17.9 Å². The van der Waals surface area contributed by atoms with Gasteiger partial charge in [0.2, 0.25) is 0 Å². The predicted octanol–water partition coefficient (Wildman–Crippen LogP) is -0.317. The summed E-state index contributed by atoms with van der Waals surface area (Å²) in [7, 11) is 1.62. The molecule has 98 valence electrons. The molecule has 1 aliphatic heterocycles. The van der Waals surface area contributed by atoms with Gasteiger partial charge < -0.3 is 11.5 Å². The normalized spacial score (nSPS) is 14.6. The van der Waals surface area contributed by atoms with Crippen LogP contribution < -0.4 is 16.9 Å². The minimum atomic E-state index is 0.0612. The Hall–Kier alpha value is -1.63. The molecular formula is C12H20N5O+. The molecule has 0 saturated heterocycles. The zero-order valence-corrected chi connectivity index (χ0v) is 10.8. The third-order valence-corrected chi connectivity index (χ3v) is 3.08. The van der Waals surface area contributed by atoms with Crippen LogP contribution in [0.3, 0.4) is 0 Å². The second kappa shape index (κ2) is 5.34. The lowest BCUT2D eigenvalue weighted by atomic mass is 10.1. The van der Waals surface area contributed by atoms with Gasteiger partial charge in [-0.2, -0.15) is 5.48 Å². The summed E-state index contributed by atoms with van der Waals surface area (Å²) >= 11 is 0. The Morgan fingerprint density at radius 3 is 2.61 bits per heavy atom. The van der Waals surface area contributed by atoms with Crippen molar-refractivity contribution in [3.63, 3.8) is 0 Å². The first kappa shape index (κ1) is 12.8. The summed E-state index contributed by atoms with van der Waals surface area (Å²) in [6.45, 7) is 5.12. The van der Waals surface area contributed by atoms with Crippen LogP contribution >= 0.6 is 0 Å². The number of hydrogen-bond acceptors (Lipinski definition) is 3. The number of fused-ring (bicyclic) bond motifs is 1. The average Bonchev–Trinajstić information content (AvgIpc) is 2.71. The third kappa shape index (κ3) is 2.61. The summed E-state index contributed by atoms with van der Waals surface area (Å²) in [5, 5.41) is 0. The number of aliphatic imine (C=N–C) groups is 1. The minimum absolute atomic E-state index is 0.0612. The van der Waals surface area contributed by atoms with E-state index in [1.807, 2.05) is 6.07 Å². The van der Waals surface area contributed by atoms with E-state index in [0.717, 1.165) is 31.0 Å². The van der Waals surface area contributed by atoms with E-state index in [-0.39, 0.29) is 5.96 Å². The van der Waals surface area contributed by atoms with Crippen LogP contribution in [0.4, 0.5) is 11.4 Å². The minimum Gasteiger partial charge on any atom is -0.370 e. The van der Waals surface area contributed by atoms with Gasteiger partial charge in [0.15, 0.2) is 11.6 Å². The van der Waals surface area contributed by atoms with Crippen molar-refractivity contribution in [3.05, 3.63) is 23.3 Å². The van der Waals surface area contributed by atoms with Gasteiger partial charge in [-0.25, -0.2) is 9.83 Å². The SMILES string of the molecule is CCN1Cc2cc(N=C(N)N)c([NH2+]OC)cc2C1. The highest BCUT2D eigenvalue weighted by atomic mass is 16.6. The summed E-state index contributed by atoms with van der Waals surface area (Å²) < 4.78 is 0. The molecule has 1 aliphatic rings. The van der Waals surface area contributed by atoms with Crippen molar-refractivity contribution in [3.8, 4) is 0 Å². The Kier molecular flexibility index (Phi) is 3.81. The number of quaternary nitrogens is 1. The van der Waals surface area contributed by atoms with Crippen molar-refractivity contribution < 1.29 is 10.3 Å². The molecule has 18 heavy (non-hydrogen) atoms. The van der Waals surface area contributed by atoms with Gasteiger partial charge in [-0.05, 0) is 23.7 Å². The summed E-state index contributed by atoms with van der Waals surface area (Å²) in [4.78, 5) is 11.6. The molecule has 6 N–H and O–H groups in total. The second-order valence-electron chi connectivity index (χ2n) is 4.37. The average molecular weight is 250 g/mol. The van der Waals surface area contributed by atoms with Crippen LogP contribution in [0, 0.1) is 0 Å². The summed E-state index contributed by atoms with van der Waals surface area (Å²) in [5.74, 6) is 0.0612. The quantitative estimate of drug-likeness (QED) is 0.295. The predicted molar refractivity (Wildman–Crippen MR) is 70.3 cm³/mol. The maximum Gasteiger partial charge on any atom is 0.191 e. The van der Waals surface area contributed by atoms with E-state index < -0.39 is 0 Å². The molecule has 2 rings (SSSR count). The summed E-state index contributed by atoms with van der Waals surface area (Å²) in [5.41, 5.74) is 16.8. The third-order valence-electron chi connectivity index (χ3n) is 3.08. The molecule has 0 aromatic heterocycles. The molecule has 6 nitrogen and oxygen atoms in total. The first-order chi connectivity index (χ1) is 8.63. The van der Waals surface area contributed by atoms with Crippen LogP contribution in [0.15, 0.2) is 17.1 Å². The van der Waals surface area contributed by atoms with Crippen LogP contribution in [0.2, 0.25) is 0 Å². The zero-order chi connectivity index (χ0) is 13.1. The molecule has 0 atom stereocenters. The fraction of sp³-hybridized carbons (Fsp3) is 0.417. The fourth-order valence-corrected chi connectivity index (χ4v) is 2.21. The fourth-order valence-electron chi connectivity index (χ4n) is 2.21. The van der Waals surface area contributed by atoms with Crippen molar-refractivity contribution in [2.45, 2.75) is 20.0 Å². The molecular weight excluding hydrogens is 230 g/mol. The van der Waals surface area contributed by atoms with Gasteiger partial charge in [0.1, 0.15) is 5.69 Å². The smallest absolute Gasteiger partial charge is 0.191 e. The molecule has 0 radical (unpaired) electrons. The molecule has 0 bridgehead atoms. The van der Waals surface area contributed by atoms with Gasteiger partial charge in [0, 0.05) is 19.2 Å². The lowest BCUT2D eigenvalue weighted by molar-refractivity contribution is -0.829. The van der Waals surface area contributed by atoms with Crippen LogP contribution in [-0.4, -0.2) is 24.5 Å². The van der Waals surface area contributed by atoms with Gasteiger partial charge in [0.05, 0.1) is 7.11 Å². The van der Waals surface area contributed by atoms with Crippen LogP contribution in [0.1, 0.15) is 18.1 Å². The van der Waals surface area contributed by atoms with Gasteiger partial charge in [-0.3, -0.25) is 4.90 Å². The standard InChI is InChI=1S/C12H19N5O/c1-3-17-6-8-4-10(15-12(13)14)11(16-18-2)5-9(8)7-17/h4-5,16H,3,6-7H2,1-2H3,(H4,13,14,15)/p+1. The molecule has 0 aliphatic carbocycles. The van der Waals surface area contributed by atoms with E-state index in [4.69, 9.17) is 16.3 Å². The van der Waals surface area contributed by atoms with E-state index >= 15 is 0 Å². The first-order valence-electron chi connectivity index (χ1n) is 5.97. The highest BCUT2D eigenvalue weighted by molar-refractivity contribution is 5.81. The number of nitrogens with two attached hydrogens (primary N) is 3. The highest BCUT2D eigenvalue weighted by Crippen LogP contribution is 2.31. The number of hydrogen-bond donors (Lipinski definition) is 3. The van der Waals surface area contributed by atoms with Crippen LogP contribution in [0.25, 0.3) is 0 Å². The van der Waals surface area contributed by atoms with Crippen molar-refractivity contribution in [1.29, 1.82) is 0 Å².